The lowest BCUT2D eigenvalue weighted by Gasteiger charge is -2.21. The van der Waals surface area contributed by atoms with E-state index in [9.17, 15) is 18.0 Å². The largest absolute Gasteiger partial charge is 0.473 e. The van der Waals surface area contributed by atoms with E-state index in [-0.39, 0.29) is 35.5 Å². The number of fused-ring (bicyclic) bond motifs is 2. The minimum Gasteiger partial charge on any atom is -0.473 e. The van der Waals surface area contributed by atoms with E-state index >= 15 is 4.39 Å². The predicted molar refractivity (Wildman–Crippen MR) is 138 cm³/mol. The second-order valence-electron chi connectivity index (χ2n) is 11.2. The van der Waals surface area contributed by atoms with Crippen LogP contribution in [0.5, 0.6) is 5.88 Å². The number of carbonyl (C=O) groups excluding carboxylic acids is 1. The Balaban J connectivity index is 1.42. The molecule has 1 heterocycles. The molecule has 206 valence electrons. The van der Waals surface area contributed by atoms with Gasteiger partial charge in [-0.25, -0.2) is 9.37 Å². The van der Waals surface area contributed by atoms with Gasteiger partial charge in [0, 0.05) is 23.7 Å². The number of carbonyl (C=O) groups is 1. The Labute approximate surface area is 225 Å². The zero-order valence-corrected chi connectivity index (χ0v) is 22.4. The van der Waals surface area contributed by atoms with Gasteiger partial charge in [0.05, 0.1) is 18.1 Å². The molecule has 2 aromatic carbocycles. The van der Waals surface area contributed by atoms with Crippen LogP contribution in [0.2, 0.25) is 0 Å². The molecule has 3 atom stereocenters. The lowest BCUT2D eigenvalue weighted by atomic mass is 9.84. The molecule has 2 aliphatic rings. The van der Waals surface area contributed by atoms with Gasteiger partial charge in [0.15, 0.2) is 0 Å². The van der Waals surface area contributed by atoms with Crippen LogP contribution in [0, 0.1) is 11.7 Å². The van der Waals surface area contributed by atoms with Gasteiger partial charge in [0.2, 0.25) is 5.88 Å². The number of hydrogen-bond donors (Lipinski definition) is 0. The van der Waals surface area contributed by atoms with E-state index in [1.54, 1.807) is 31.3 Å². The molecule has 0 amide bonds. The number of halogens is 4. The minimum atomic E-state index is -4.49. The Bertz CT molecular complexity index is 1420. The summed E-state index contributed by atoms with van der Waals surface area (Å²) in [6.07, 6.45) is -1.77. The van der Waals surface area contributed by atoms with Crippen molar-refractivity contribution in [2.45, 2.75) is 70.6 Å². The van der Waals surface area contributed by atoms with Crippen molar-refractivity contribution in [2.24, 2.45) is 5.92 Å². The number of benzene rings is 2. The maximum Gasteiger partial charge on any atom is 0.416 e. The van der Waals surface area contributed by atoms with Gasteiger partial charge in [-0.1, -0.05) is 39.0 Å². The lowest BCUT2D eigenvalue weighted by molar-refractivity contribution is -0.146. The Morgan fingerprint density at radius 1 is 1.10 bits per heavy atom. The summed E-state index contributed by atoms with van der Waals surface area (Å²) in [5.74, 6) is -1.29. The van der Waals surface area contributed by atoms with Crippen LogP contribution in [0.15, 0.2) is 48.7 Å². The van der Waals surface area contributed by atoms with Crippen LogP contribution in [0.4, 0.5) is 17.6 Å². The second-order valence-corrected chi connectivity index (χ2v) is 11.2. The number of ether oxygens (including phenoxy) is 2. The zero-order valence-electron chi connectivity index (χ0n) is 22.4. The van der Waals surface area contributed by atoms with Crippen LogP contribution in [0.25, 0.3) is 0 Å². The van der Waals surface area contributed by atoms with E-state index in [0.29, 0.717) is 36.5 Å². The number of esters is 1. The van der Waals surface area contributed by atoms with Crippen molar-refractivity contribution < 1.29 is 31.8 Å². The first-order chi connectivity index (χ1) is 18.4. The highest BCUT2D eigenvalue weighted by Gasteiger charge is 2.43. The molecule has 39 heavy (non-hydrogen) atoms. The molecular weight excluding hydrogens is 510 g/mol. The molecule has 2 aliphatic carbocycles. The van der Waals surface area contributed by atoms with Crippen molar-refractivity contribution >= 4 is 5.97 Å². The lowest BCUT2D eigenvalue weighted by Crippen LogP contribution is -2.19. The number of aromatic nitrogens is 1. The highest BCUT2D eigenvalue weighted by molar-refractivity contribution is 5.80. The van der Waals surface area contributed by atoms with Gasteiger partial charge >= 0.3 is 12.1 Å². The number of nitrogens with zero attached hydrogens (tertiary/aromatic N) is 1. The first-order valence-electron chi connectivity index (χ1n) is 13.2. The van der Waals surface area contributed by atoms with Gasteiger partial charge in [-0.2, -0.15) is 13.2 Å². The summed E-state index contributed by atoms with van der Waals surface area (Å²) in [6, 6.07) is 10.4. The van der Waals surface area contributed by atoms with Crippen LogP contribution in [-0.2, 0) is 34.2 Å². The molecule has 0 saturated carbocycles. The number of hydrogen-bond acceptors (Lipinski definition) is 4. The van der Waals surface area contributed by atoms with Crippen molar-refractivity contribution in [3.05, 3.63) is 93.4 Å². The van der Waals surface area contributed by atoms with E-state index < -0.39 is 28.9 Å². The number of alkyl halides is 3. The smallest absolute Gasteiger partial charge is 0.416 e. The van der Waals surface area contributed by atoms with Gasteiger partial charge in [-0.05, 0) is 77.1 Å². The van der Waals surface area contributed by atoms with Crippen molar-refractivity contribution in [2.75, 3.05) is 6.61 Å². The first kappa shape index (κ1) is 27.2. The SMILES string of the molecule is CCOC(=O)[C@@H]1c2cnc(OCc3cc4c(cc3F)C(C)(C)CC4c3ccccc3C(F)(F)F)cc2C[C@@H]1C. The molecule has 0 saturated heterocycles. The topological polar surface area (TPSA) is 48.4 Å². The van der Waals surface area contributed by atoms with Gasteiger partial charge < -0.3 is 9.47 Å². The molecule has 3 aromatic rings. The van der Waals surface area contributed by atoms with E-state index in [1.807, 2.05) is 20.8 Å². The Morgan fingerprint density at radius 2 is 1.85 bits per heavy atom. The molecule has 0 spiro atoms. The Morgan fingerprint density at radius 3 is 2.56 bits per heavy atom. The molecule has 8 heteroatoms. The van der Waals surface area contributed by atoms with Crippen molar-refractivity contribution in [3.63, 3.8) is 0 Å². The molecule has 0 bridgehead atoms. The van der Waals surface area contributed by atoms with Crippen LogP contribution < -0.4 is 4.74 Å². The molecule has 0 aliphatic heterocycles. The third-order valence-electron chi connectivity index (χ3n) is 8.04. The molecular formula is C31H31F4NO3. The monoisotopic (exact) mass is 541 g/mol. The minimum absolute atomic E-state index is 0.0603. The number of rotatable bonds is 6. The highest BCUT2D eigenvalue weighted by Crippen LogP contribution is 2.51. The summed E-state index contributed by atoms with van der Waals surface area (Å²) < 4.78 is 67.8. The molecule has 0 fully saturated rings. The summed E-state index contributed by atoms with van der Waals surface area (Å²) in [5.41, 5.74) is 2.42. The van der Waals surface area contributed by atoms with Crippen LogP contribution in [0.3, 0.4) is 0 Å². The first-order valence-corrected chi connectivity index (χ1v) is 13.2. The molecule has 4 nitrogen and oxygen atoms in total. The summed E-state index contributed by atoms with van der Waals surface area (Å²) in [5, 5.41) is 0. The maximum atomic E-state index is 15.2. The third kappa shape index (κ3) is 5.01. The normalized spacial score (nSPS) is 21.4. The third-order valence-corrected chi connectivity index (χ3v) is 8.04. The highest BCUT2D eigenvalue weighted by atomic mass is 19.4. The standard InChI is InChI=1S/C31H31F4NO3/c1-5-38-29(37)28-17(2)10-18-12-27(36-15-23(18)28)39-16-19-11-21-22(14-30(3,4)25(21)13-26(19)32)20-8-6-7-9-24(20)31(33,34)35/h6-9,11-13,15,17,22,28H,5,10,14,16H2,1-4H3/t17-,22?,28-/m0/s1. The predicted octanol–water partition coefficient (Wildman–Crippen LogP) is 7.47. The summed E-state index contributed by atoms with van der Waals surface area (Å²) in [7, 11) is 0. The zero-order chi connectivity index (χ0) is 28.1. The van der Waals surface area contributed by atoms with Crippen LogP contribution in [0.1, 0.15) is 84.9 Å². The van der Waals surface area contributed by atoms with Crippen molar-refractivity contribution in [1.29, 1.82) is 0 Å². The molecule has 5 rings (SSSR count). The average molecular weight is 542 g/mol. The van der Waals surface area contributed by atoms with Gasteiger partial charge in [0.1, 0.15) is 12.4 Å². The van der Waals surface area contributed by atoms with Crippen LogP contribution in [-0.4, -0.2) is 17.6 Å². The fourth-order valence-corrected chi connectivity index (χ4v) is 6.22. The van der Waals surface area contributed by atoms with E-state index in [2.05, 4.69) is 4.98 Å². The quantitative estimate of drug-likeness (QED) is 0.240. The summed E-state index contributed by atoms with van der Waals surface area (Å²) >= 11 is 0. The number of pyridine rings is 1. The van der Waals surface area contributed by atoms with Crippen molar-refractivity contribution in [1.82, 2.24) is 4.98 Å². The maximum absolute atomic E-state index is 15.2. The fraction of sp³-hybridized carbons (Fsp3) is 0.419. The summed E-state index contributed by atoms with van der Waals surface area (Å²) in [6.45, 7) is 7.78. The van der Waals surface area contributed by atoms with E-state index in [4.69, 9.17) is 9.47 Å². The van der Waals surface area contributed by atoms with Gasteiger partial charge in [-0.15, -0.1) is 0 Å². The average Bonchev–Trinajstić information content (AvgIpc) is 3.33. The Hall–Kier alpha value is -3.42. The fourth-order valence-electron chi connectivity index (χ4n) is 6.22. The second kappa shape index (κ2) is 9.96. The molecule has 0 radical (unpaired) electrons. The van der Waals surface area contributed by atoms with Crippen molar-refractivity contribution in [3.8, 4) is 5.88 Å². The van der Waals surface area contributed by atoms with Gasteiger partial charge in [0.25, 0.3) is 0 Å². The van der Waals surface area contributed by atoms with E-state index in [0.717, 1.165) is 17.2 Å². The molecule has 0 N–H and O–H groups in total. The van der Waals surface area contributed by atoms with E-state index in [1.165, 1.54) is 18.2 Å². The molecule has 1 unspecified atom stereocenters. The Kier molecular flexibility index (Phi) is 6.93. The molecule has 1 aromatic heterocycles. The summed E-state index contributed by atoms with van der Waals surface area (Å²) in [4.78, 5) is 16.8. The van der Waals surface area contributed by atoms with Gasteiger partial charge in [-0.3, -0.25) is 4.79 Å². The van der Waals surface area contributed by atoms with Crippen LogP contribution >= 0.6 is 0 Å².